The summed E-state index contributed by atoms with van der Waals surface area (Å²) in [6.45, 7) is 7.08. The van der Waals surface area contributed by atoms with Crippen LogP contribution < -0.4 is 5.32 Å². The molecule has 0 aromatic carbocycles. The van der Waals surface area contributed by atoms with Gasteiger partial charge in [-0.25, -0.2) is 4.98 Å². The number of amides is 1. The number of H-pyrrole nitrogens is 1. The third-order valence-electron chi connectivity index (χ3n) is 3.36. The van der Waals surface area contributed by atoms with Crippen molar-refractivity contribution in [2.45, 2.75) is 38.3 Å². The summed E-state index contributed by atoms with van der Waals surface area (Å²) in [6, 6.07) is -0.232. The second-order valence-electron chi connectivity index (χ2n) is 5.97. The molecule has 0 saturated carbocycles. The lowest BCUT2D eigenvalue weighted by atomic mass is 9.96. The SMILES string of the molecule is CN(C(=O)c1n[nH]c(C(C)(C)C)n1)[C@@H]1CNC[C@H]1O. The first-order chi connectivity index (χ1) is 8.80. The van der Waals surface area contributed by atoms with Crippen molar-refractivity contribution in [3.63, 3.8) is 0 Å². The zero-order valence-electron chi connectivity index (χ0n) is 11.8. The fraction of sp³-hybridized carbons (Fsp3) is 0.750. The van der Waals surface area contributed by atoms with Crippen LogP contribution in [0.15, 0.2) is 0 Å². The third kappa shape index (κ3) is 2.76. The second kappa shape index (κ2) is 4.90. The highest BCUT2D eigenvalue weighted by molar-refractivity contribution is 5.90. The maximum atomic E-state index is 12.3. The molecule has 1 aromatic rings. The lowest BCUT2D eigenvalue weighted by molar-refractivity contribution is 0.0570. The van der Waals surface area contributed by atoms with Crippen LogP contribution in [0.25, 0.3) is 0 Å². The Balaban J connectivity index is 2.13. The first-order valence-electron chi connectivity index (χ1n) is 6.39. The molecule has 0 aliphatic carbocycles. The number of nitrogens with one attached hydrogen (secondary N) is 2. The van der Waals surface area contributed by atoms with Crippen LogP contribution >= 0.6 is 0 Å². The van der Waals surface area contributed by atoms with Crippen LogP contribution in [0.5, 0.6) is 0 Å². The fourth-order valence-corrected chi connectivity index (χ4v) is 2.05. The summed E-state index contributed by atoms with van der Waals surface area (Å²) in [5.74, 6) is 0.542. The van der Waals surface area contributed by atoms with Crippen LogP contribution in [0.3, 0.4) is 0 Å². The Morgan fingerprint density at radius 1 is 1.42 bits per heavy atom. The minimum atomic E-state index is -0.546. The number of β-amino-alcohol motifs (C(OH)–C–C–N with tert-alkyl or cyclic N) is 1. The third-order valence-corrected chi connectivity index (χ3v) is 3.36. The Morgan fingerprint density at radius 3 is 2.58 bits per heavy atom. The summed E-state index contributed by atoms with van der Waals surface area (Å²) in [5, 5.41) is 19.6. The van der Waals surface area contributed by atoms with Crippen molar-refractivity contribution >= 4 is 5.91 Å². The van der Waals surface area contributed by atoms with Gasteiger partial charge >= 0.3 is 0 Å². The molecule has 3 N–H and O–H groups in total. The van der Waals surface area contributed by atoms with Gasteiger partial charge in [-0.2, -0.15) is 0 Å². The van der Waals surface area contributed by atoms with Crippen LogP contribution in [0.4, 0.5) is 0 Å². The zero-order chi connectivity index (χ0) is 14.2. The van der Waals surface area contributed by atoms with Crippen molar-refractivity contribution in [3.05, 3.63) is 11.6 Å². The molecule has 0 unspecified atom stereocenters. The molecule has 2 heterocycles. The van der Waals surface area contributed by atoms with E-state index in [9.17, 15) is 9.90 Å². The molecule has 0 radical (unpaired) electrons. The Morgan fingerprint density at radius 2 is 2.11 bits per heavy atom. The Bertz CT molecular complexity index is 465. The van der Waals surface area contributed by atoms with E-state index in [1.165, 1.54) is 4.90 Å². The summed E-state index contributed by atoms with van der Waals surface area (Å²) in [6.07, 6.45) is -0.546. The molecule has 1 saturated heterocycles. The van der Waals surface area contributed by atoms with Crippen LogP contribution in [-0.4, -0.2) is 63.4 Å². The van der Waals surface area contributed by atoms with Crippen LogP contribution in [-0.2, 0) is 5.41 Å². The van der Waals surface area contributed by atoms with Gasteiger partial charge in [0.2, 0.25) is 5.82 Å². The van der Waals surface area contributed by atoms with Gasteiger partial charge in [0.15, 0.2) is 0 Å². The van der Waals surface area contributed by atoms with Gasteiger partial charge in [0.25, 0.3) is 5.91 Å². The first-order valence-corrected chi connectivity index (χ1v) is 6.39. The molecule has 0 spiro atoms. The van der Waals surface area contributed by atoms with E-state index < -0.39 is 6.10 Å². The first kappa shape index (κ1) is 14.0. The molecule has 7 nitrogen and oxygen atoms in total. The molecule has 106 valence electrons. The lowest BCUT2D eigenvalue weighted by Crippen LogP contribution is -2.44. The summed E-state index contributed by atoms with van der Waals surface area (Å²) in [4.78, 5) is 18.0. The van der Waals surface area contributed by atoms with Gasteiger partial charge in [-0.15, -0.1) is 5.10 Å². The highest BCUT2D eigenvalue weighted by Crippen LogP contribution is 2.18. The summed E-state index contributed by atoms with van der Waals surface area (Å²) >= 11 is 0. The number of carbonyl (C=O) groups is 1. The van der Waals surface area contributed by atoms with E-state index in [-0.39, 0.29) is 23.2 Å². The number of hydrogen-bond acceptors (Lipinski definition) is 5. The molecule has 0 bridgehead atoms. The van der Waals surface area contributed by atoms with Crippen LogP contribution in [0.1, 0.15) is 37.2 Å². The minimum absolute atomic E-state index is 0.145. The van der Waals surface area contributed by atoms with Gasteiger partial charge < -0.3 is 15.3 Å². The van der Waals surface area contributed by atoms with Crippen LogP contribution in [0.2, 0.25) is 0 Å². The number of rotatable bonds is 2. The summed E-state index contributed by atoms with van der Waals surface area (Å²) < 4.78 is 0. The van der Waals surface area contributed by atoms with Gasteiger partial charge in [-0.1, -0.05) is 20.8 Å². The zero-order valence-corrected chi connectivity index (χ0v) is 11.8. The number of aliphatic hydroxyl groups excluding tert-OH is 1. The Hall–Kier alpha value is -1.47. The molecule has 1 amide bonds. The van der Waals surface area contributed by atoms with Gasteiger partial charge in [-0.3, -0.25) is 9.89 Å². The van der Waals surface area contributed by atoms with E-state index in [1.807, 2.05) is 20.8 Å². The number of aromatic nitrogens is 3. The van der Waals surface area contributed by atoms with Crippen molar-refractivity contribution in [2.24, 2.45) is 0 Å². The standard InChI is InChI=1S/C12H21N5O2/c1-12(2,3)11-14-9(15-16-11)10(19)17(4)7-5-13-6-8(7)18/h7-8,13,18H,5-6H2,1-4H3,(H,14,15,16)/t7-,8-/m1/s1. The van der Waals surface area contributed by atoms with E-state index in [0.717, 1.165) is 0 Å². The van der Waals surface area contributed by atoms with Crippen molar-refractivity contribution in [1.29, 1.82) is 0 Å². The number of aliphatic hydroxyl groups is 1. The number of aromatic amines is 1. The molecule has 1 aliphatic rings. The summed E-state index contributed by atoms with van der Waals surface area (Å²) in [5.41, 5.74) is -0.182. The maximum absolute atomic E-state index is 12.3. The van der Waals surface area contributed by atoms with Gasteiger partial charge in [0.1, 0.15) is 5.82 Å². The number of nitrogens with zero attached hydrogens (tertiary/aromatic N) is 3. The predicted molar refractivity (Wildman–Crippen MR) is 69.8 cm³/mol. The molecule has 1 fully saturated rings. The van der Waals surface area contributed by atoms with E-state index in [1.54, 1.807) is 7.05 Å². The maximum Gasteiger partial charge on any atom is 0.293 e. The Labute approximate surface area is 112 Å². The molecule has 19 heavy (non-hydrogen) atoms. The topological polar surface area (TPSA) is 94.1 Å². The quantitative estimate of drug-likeness (QED) is 0.672. The fourth-order valence-electron chi connectivity index (χ4n) is 2.05. The molecular weight excluding hydrogens is 246 g/mol. The monoisotopic (exact) mass is 267 g/mol. The van der Waals surface area contributed by atoms with Crippen molar-refractivity contribution in [3.8, 4) is 0 Å². The smallest absolute Gasteiger partial charge is 0.293 e. The predicted octanol–water partition coefficient (Wildman–Crippen LogP) is -0.493. The molecular formula is C12H21N5O2. The molecule has 7 heteroatoms. The highest BCUT2D eigenvalue weighted by atomic mass is 16.3. The molecule has 1 aliphatic heterocycles. The minimum Gasteiger partial charge on any atom is -0.390 e. The normalized spacial score (nSPS) is 23.6. The number of hydrogen-bond donors (Lipinski definition) is 3. The van der Waals surface area contributed by atoms with Crippen LogP contribution in [0, 0.1) is 0 Å². The number of likely N-dealkylation sites (N-methyl/N-ethyl adjacent to an activating group) is 1. The van der Waals surface area contributed by atoms with E-state index in [4.69, 9.17) is 0 Å². The highest BCUT2D eigenvalue weighted by Gasteiger charge is 2.33. The average Bonchev–Trinajstić information content (AvgIpc) is 2.94. The van der Waals surface area contributed by atoms with Gasteiger partial charge in [-0.05, 0) is 0 Å². The van der Waals surface area contributed by atoms with Gasteiger partial charge in [0.05, 0.1) is 12.1 Å². The van der Waals surface area contributed by atoms with Crippen molar-refractivity contribution in [2.75, 3.05) is 20.1 Å². The number of carbonyl (C=O) groups excluding carboxylic acids is 1. The largest absolute Gasteiger partial charge is 0.390 e. The average molecular weight is 267 g/mol. The molecule has 2 atom stereocenters. The van der Waals surface area contributed by atoms with E-state index in [2.05, 4.69) is 20.5 Å². The molecule has 2 rings (SSSR count). The van der Waals surface area contributed by atoms with E-state index >= 15 is 0 Å². The Kier molecular flexibility index (Phi) is 3.60. The van der Waals surface area contributed by atoms with Crippen molar-refractivity contribution < 1.29 is 9.90 Å². The van der Waals surface area contributed by atoms with Crippen molar-refractivity contribution in [1.82, 2.24) is 25.4 Å². The summed E-state index contributed by atoms with van der Waals surface area (Å²) in [7, 11) is 1.66. The van der Waals surface area contributed by atoms with Gasteiger partial charge in [0, 0.05) is 25.6 Å². The lowest BCUT2D eigenvalue weighted by Gasteiger charge is -2.25. The second-order valence-corrected chi connectivity index (χ2v) is 5.97. The molecule has 1 aromatic heterocycles. The van der Waals surface area contributed by atoms with E-state index in [0.29, 0.717) is 18.9 Å².